The average Bonchev–Trinajstić information content (AvgIpc) is 2.96. The van der Waals surface area contributed by atoms with Gasteiger partial charge in [0.15, 0.2) is 0 Å². The molecule has 0 amide bonds. The Hall–Kier alpha value is -2.29. The predicted octanol–water partition coefficient (Wildman–Crippen LogP) is 5.50. The van der Waals surface area contributed by atoms with Gasteiger partial charge in [0.05, 0.1) is 5.56 Å². The van der Waals surface area contributed by atoms with Gasteiger partial charge in [0.1, 0.15) is 11.9 Å². The molecule has 1 aliphatic heterocycles. The Morgan fingerprint density at radius 3 is 2.40 bits per heavy atom. The summed E-state index contributed by atoms with van der Waals surface area (Å²) in [6, 6.07) is 3.50. The molecule has 1 aromatic carbocycles. The maximum Gasteiger partial charge on any atom is 0.335 e. The van der Waals surface area contributed by atoms with Crippen molar-refractivity contribution in [1.29, 1.82) is 0 Å². The van der Waals surface area contributed by atoms with Gasteiger partial charge < -0.3 is 9.84 Å². The molecule has 0 saturated heterocycles. The van der Waals surface area contributed by atoms with E-state index in [4.69, 9.17) is 4.74 Å². The third-order valence-corrected chi connectivity index (χ3v) is 4.36. The van der Waals surface area contributed by atoms with E-state index in [2.05, 4.69) is 39.0 Å². The molecule has 0 unspecified atom stereocenters. The van der Waals surface area contributed by atoms with Crippen LogP contribution in [0.4, 0.5) is 0 Å². The molecular formula is C22H28O3. The fraction of sp³-hybridized carbons (Fsp3) is 0.409. The van der Waals surface area contributed by atoms with Crippen LogP contribution < -0.4 is 4.74 Å². The Morgan fingerprint density at radius 1 is 1.12 bits per heavy atom. The normalized spacial score (nSPS) is 16.0. The van der Waals surface area contributed by atoms with E-state index in [-0.39, 0.29) is 6.10 Å². The minimum Gasteiger partial charge on any atom is -0.485 e. The van der Waals surface area contributed by atoms with E-state index in [0.717, 1.165) is 29.7 Å². The summed E-state index contributed by atoms with van der Waals surface area (Å²) in [7, 11) is 0. The van der Waals surface area contributed by atoms with Crippen LogP contribution in [0.2, 0.25) is 0 Å². The van der Waals surface area contributed by atoms with E-state index in [1.807, 2.05) is 13.8 Å². The van der Waals surface area contributed by atoms with Gasteiger partial charge in [0.2, 0.25) is 0 Å². The summed E-state index contributed by atoms with van der Waals surface area (Å²) in [5, 5.41) is 9.39. The van der Waals surface area contributed by atoms with E-state index in [1.165, 1.54) is 16.7 Å². The predicted molar refractivity (Wildman–Crippen MR) is 102 cm³/mol. The number of rotatable bonds is 6. The Bertz CT molecular complexity index is 743. The molecule has 2 rings (SSSR count). The highest BCUT2D eigenvalue weighted by Crippen LogP contribution is 2.36. The molecule has 0 fully saturated rings. The van der Waals surface area contributed by atoms with Gasteiger partial charge >= 0.3 is 5.97 Å². The fourth-order valence-electron chi connectivity index (χ4n) is 2.90. The first-order chi connectivity index (χ1) is 11.8. The van der Waals surface area contributed by atoms with Crippen LogP contribution in [0, 0.1) is 0 Å². The van der Waals surface area contributed by atoms with Crippen molar-refractivity contribution >= 4 is 5.97 Å². The topological polar surface area (TPSA) is 46.5 Å². The zero-order valence-electron chi connectivity index (χ0n) is 15.8. The van der Waals surface area contributed by atoms with E-state index < -0.39 is 5.97 Å². The standard InChI is InChI=1S/C22H28O3/c1-14(2)7-6-8-16(5)20-13-18-12-19(22(23)24)11-17(21(18)25-20)10-9-15(3)4/h7-9,11-12,20H,6,10,13H2,1-5H3,(H,23,24)/b16-8+/t20-/m0/s1. The van der Waals surface area contributed by atoms with Crippen LogP contribution >= 0.6 is 0 Å². The molecule has 1 heterocycles. The maximum atomic E-state index is 11.4. The minimum atomic E-state index is -0.888. The van der Waals surface area contributed by atoms with Gasteiger partial charge in [-0.3, -0.25) is 0 Å². The minimum absolute atomic E-state index is 0.00457. The Labute approximate surface area is 150 Å². The molecule has 3 nitrogen and oxygen atoms in total. The molecular weight excluding hydrogens is 312 g/mol. The first-order valence-corrected chi connectivity index (χ1v) is 8.77. The fourth-order valence-corrected chi connectivity index (χ4v) is 2.90. The van der Waals surface area contributed by atoms with Crippen molar-refractivity contribution in [3.63, 3.8) is 0 Å². The second kappa shape index (κ2) is 8.19. The molecule has 1 N–H and O–H groups in total. The van der Waals surface area contributed by atoms with Crippen LogP contribution in [0.5, 0.6) is 5.75 Å². The van der Waals surface area contributed by atoms with Crippen LogP contribution in [-0.2, 0) is 12.8 Å². The van der Waals surface area contributed by atoms with Crippen molar-refractivity contribution in [2.24, 2.45) is 0 Å². The molecule has 3 heteroatoms. The molecule has 0 saturated carbocycles. The summed E-state index contributed by atoms with van der Waals surface area (Å²) in [5.74, 6) is -0.0250. The summed E-state index contributed by atoms with van der Waals surface area (Å²) in [6.45, 7) is 10.4. The first kappa shape index (κ1) is 19.0. The lowest BCUT2D eigenvalue weighted by Crippen LogP contribution is -2.14. The van der Waals surface area contributed by atoms with Crippen molar-refractivity contribution in [2.75, 3.05) is 0 Å². The number of fused-ring (bicyclic) bond motifs is 1. The summed E-state index contributed by atoms with van der Waals surface area (Å²) < 4.78 is 6.21. The monoisotopic (exact) mass is 340 g/mol. The van der Waals surface area contributed by atoms with Gasteiger partial charge in [-0.15, -0.1) is 0 Å². The van der Waals surface area contributed by atoms with Crippen LogP contribution in [0.3, 0.4) is 0 Å². The third-order valence-electron chi connectivity index (χ3n) is 4.36. The molecule has 0 radical (unpaired) electrons. The number of benzene rings is 1. The molecule has 0 aromatic heterocycles. The molecule has 0 aliphatic carbocycles. The SMILES string of the molecule is CC(C)=CC/C=C(\C)[C@@H]1Cc2cc(C(=O)O)cc(CC=C(C)C)c2O1. The van der Waals surface area contributed by atoms with Crippen LogP contribution in [-0.4, -0.2) is 17.2 Å². The van der Waals surface area contributed by atoms with E-state index in [0.29, 0.717) is 12.0 Å². The van der Waals surface area contributed by atoms with Gasteiger partial charge in [-0.1, -0.05) is 29.4 Å². The summed E-state index contributed by atoms with van der Waals surface area (Å²) in [4.78, 5) is 11.4. The third kappa shape index (κ3) is 5.09. The maximum absolute atomic E-state index is 11.4. The summed E-state index contributed by atoms with van der Waals surface area (Å²) in [5.41, 5.74) is 5.99. The number of aromatic carboxylic acids is 1. The Kier molecular flexibility index (Phi) is 6.24. The molecule has 1 aliphatic rings. The highest BCUT2D eigenvalue weighted by atomic mass is 16.5. The van der Waals surface area contributed by atoms with Gasteiger partial charge in [0, 0.05) is 6.42 Å². The van der Waals surface area contributed by atoms with Gasteiger partial charge in [-0.2, -0.15) is 0 Å². The van der Waals surface area contributed by atoms with Gasteiger partial charge in [-0.25, -0.2) is 4.79 Å². The number of carbonyl (C=O) groups is 1. The van der Waals surface area contributed by atoms with Gasteiger partial charge in [0.25, 0.3) is 0 Å². The Morgan fingerprint density at radius 2 is 1.80 bits per heavy atom. The van der Waals surface area contributed by atoms with E-state index in [1.54, 1.807) is 12.1 Å². The smallest absolute Gasteiger partial charge is 0.335 e. The number of hydrogen-bond donors (Lipinski definition) is 1. The highest BCUT2D eigenvalue weighted by Gasteiger charge is 2.27. The molecule has 1 aromatic rings. The number of ether oxygens (including phenoxy) is 1. The number of carboxylic acids is 1. The number of hydrogen-bond acceptors (Lipinski definition) is 2. The van der Waals surface area contributed by atoms with Crippen LogP contribution in [0.1, 0.15) is 62.5 Å². The van der Waals surface area contributed by atoms with Gasteiger partial charge in [-0.05, 0) is 76.3 Å². The van der Waals surface area contributed by atoms with E-state index in [9.17, 15) is 9.90 Å². The van der Waals surface area contributed by atoms with Crippen molar-refractivity contribution in [2.45, 2.75) is 60.0 Å². The second-order valence-corrected chi connectivity index (χ2v) is 7.19. The van der Waals surface area contributed by atoms with Crippen LogP contribution in [0.25, 0.3) is 0 Å². The van der Waals surface area contributed by atoms with Crippen molar-refractivity contribution in [3.8, 4) is 5.75 Å². The molecule has 0 bridgehead atoms. The Balaban J connectivity index is 2.28. The number of carboxylic acid groups (broad SMARTS) is 1. The van der Waals surface area contributed by atoms with Crippen LogP contribution in [0.15, 0.2) is 47.1 Å². The molecule has 134 valence electrons. The highest BCUT2D eigenvalue weighted by molar-refractivity contribution is 5.88. The zero-order valence-corrected chi connectivity index (χ0v) is 15.8. The lowest BCUT2D eigenvalue weighted by atomic mass is 9.98. The lowest BCUT2D eigenvalue weighted by molar-refractivity contribution is 0.0696. The largest absolute Gasteiger partial charge is 0.485 e. The summed E-state index contributed by atoms with van der Waals surface area (Å²) in [6.07, 6.45) is 8.81. The molecule has 1 atom stereocenters. The average molecular weight is 340 g/mol. The van der Waals surface area contributed by atoms with Crippen molar-refractivity contribution in [3.05, 3.63) is 63.8 Å². The number of allylic oxidation sites excluding steroid dienone is 5. The molecule has 0 spiro atoms. The summed E-state index contributed by atoms with van der Waals surface area (Å²) >= 11 is 0. The van der Waals surface area contributed by atoms with Crippen molar-refractivity contribution in [1.82, 2.24) is 0 Å². The zero-order chi connectivity index (χ0) is 18.6. The van der Waals surface area contributed by atoms with E-state index >= 15 is 0 Å². The lowest BCUT2D eigenvalue weighted by Gasteiger charge is -2.13. The van der Waals surface area contributed by atoms with Crippen molar-refractivity contribution < 1.29 is 14.6 Å². The molecule has 25 heavy (non-hydrogen) atoms. The quantitative estimate of drug-likeness (QED) is 0.696. The second-order valence-electron chi connectivity index (χ2n) is 7.19. The first-order valence-electron chi connectivity index (χ1n) is 8.77.